The molecular weight excluding hydrogens is 259 g/mol. The van der Waals surface area contributed by atoms with Gasteiger partial charge in [0, 0.05) is 0 Å². The first-order chi connectivity index (χ1) is 9.40. The maximum Gasteiger partial charge on any atom is 0.335 e. The summed E-state index contributed by atoms with van der Waals surface area (Å²) in [5.41, 5.74) is 0.0846. The Morgan fingerprint density at radius 2 is 1.80 bits per heavy atom. The van der Waals surface area contributed by atoms with Gasteiger partial charge in [-0.3, -0.25) is 0 Å². The molecular formula is C16H15FO3. The smallest absolute Gasteiger partial charge is 0.335 e. The summed E-state index contributed by atoms with van der Waals surface area (Å²) < 4.78 is 19.6. The molecule has 0 amide bonds. The van der Waals surface area contributed by atoms with Crippen LogP contribution in [0, 0.1) is 5.82 Å². The molecule has 0 bridgehead atoms. The fourth-order valence-corrected chi connectivity index (χ4v) is 1.89. The third-order valence-corrected chi connectivity index (χ3v) is 3.01. The zero-order chi connectivity index (χ0) is 14.8. The molecule has 0 aliphatic heterocycles. The van der Waals surface area contributed by atoms with Crippen LogP contribution < -0.4 is 4.74 Å². The highest BCUT2D eigenvalue weighted by Crippen LogP contribution is 2.29. The van der Waals surface area contributed by atoms with E-state index in [1.807, 2.05) is 44.2 Å². The van der Waals surface area contributed by atoms with E-state index in [9.17, 15) is 9.18 Å². The van der Waals surface area contributed by atoms with Crippen LogP contribution in [0.3, 0.4) is 0 Å². The first-order valence-corrected chi connectivity index (χ1v) is 6.17. The number of halogens is 1. The standard InChI is InChI=1S/C16H15FO3/c1-16(2,12-6-4-3-5-7-12)20-14-9-8-11(15(18)19)10-13(14)17/h3-10H,1-2H3,(H,18,19). The van der Waals surface area contributed by atoms with Gasteiger partial charge < -0.3 is 9.84 Å². The summed E-state index contributed by atoms with van der Waals surface area (Å²) in [6.45, 7) is 3.65. The lowest BCUT2D eigenvalue weighted by Crippen LogP contribution is -2.25. The molecule has 1 N–H and O–H groups in total. The van der Waals surface area contributed by atoms with E-state index in [4.69, 9.17) is 9.84 Å². The summed E-state index contributed by atoms with van der Waals surface area (Å²) in [5, 5.41) is 8.80. The Bertz CT molecular complexity index is 621. The van der Waals surface area contributed by atoms with E-state index in [-0.39, 0.29) is 11.3 Å². The average molecular weight is 274 g/mol. The molecule has 0 saturated carbocycles. The van der Waals surface area contributed by atoms with Gasteiger partial charge in [-0.2, -0.15) is 0 Å². The maximum absolute atomic E-state index is 13.9. The molecule has 0 aliphatic carbocycles. The predicted molar refractivity (Wildman–Crippen MR) is 73.5 cm³/mol. The molecule has 0 radical (unpaired) electrons. The molecule has 0 aromatic heterocycles. The van der Waals surface area contributed by atoms with Crippen molar-refractivity contribution in [1.82, 2.24) is 0 Å². The minimum atomic E-state index is -1.17. The predicted octanol–water partition coefficient (Wildman–Crippen LogP) is 3.84. The van der Waals surface area contributed by atoms with E-state index in [1.165, 1.54) is 12.1 Å². The number of carboxylic acid groups (broad SMARTS) is 1. The van der Waals surface area contributed by atoms with Crippen molar-refractivity contribution in [2.45, 2.75) is 19.4 Å². The molecule has 0 saturated heterocycles. The van der Waals surface area contributed by atoms with Crippen molar-refractivity contribution in [2.75, 3.05) is 0 Å². The SMILES string of the molecule is CC(C)(Oc1ccc(C(=O)O)cc1F)c1ccccc1. The van der Waals surface area contributed by atoms with Crippen molar-refractivity contribution in [2.24, 2.45) is 0 Å². The van der Waals surface area contributed by atoms with Gasteiger partial charge in [-0.05, 0) is 37.6 Å². The van der Waals surface area contributed by atoms with Crippen LogP contribution >= 0.6 is 0 Å². The van der Waals surface area contributed by atoms with Gasteiger partial charge in [0.05, 0.1) is 5.56 Å². The Kier molecular flexibility index (Phi) is 3.74. The first kappa shape index (κ1) is 14.1. The Morgan fingerprint density at radius 1 is 1.15 bits per heavy atom. The minimum absolute atomic E-state index is 0.0313. The van der Waals surface area contributed by atoms with Crippen molar-refractivity contribution < 1.29 is 19.0 Å². The third kappa shape index (κ3) is 2.96. The number of carboxylic acids is 1. The fourth-order valence-electron chi connectivity index (χ4n) is 1.89. The largest absolute Gasteiger partial charge is 0.480 e. The topological polar surface area (TPSA) is 46.5 Å². The molecule has 104 valence electrons. The van der Waals surface area contributed by atoms with Crippen LogP contribution in [0.15, 0.2) is 48.5 Å². The van der Waals surface area contributed by atoms with Gasteiger partial charge >= 0.3 is 5.97 Å². The third-order valence-electron chi connectivity index (χ3n) is 3.01. The van der Waals surface area contributed by atoms with Crippen molar-refractivity contribution in [1.29, 1.82) is 0 Å². The van der Waals surface area contributed by atoms with E-state index in [0.29, 0.717) is 0 Å². The van der Waals surface area contributed by atoms with E-state index in [2.05, 4.69) is 0 Å². The summed E-state index contributed by atoms with van der Waals surface area (Å²) in [6, 6.07) is 13.0. The summed E-state index contributed by atoms with van der Waals surface area (Å²) in [7, 11) is 0. The average Bonchev–Trinajstić information content (AvgIpc) is 2.41. The number of ether oxygens (including phenoxy) is 1. The van der Waals surface area contributed by atoms with Crippen LogP contribution in [0.5, 0.6) is 5.75 Å². The van der Waals surface area contributed by atoms with E-state index in [1.54, 1.807) is 0 Å². The second kappa shape index (κ2) is 5.33. The fraction of sp³-hybridized carbons (Fsp3) is 0.188. The molecule has 0 fully saturated rings. The molecule has 0 atom stereocenters. The van der Waals surface area contributed by atoms with Crippen LogP contribution in [0.4, 0.5) is 4.39 Å². The molecule has 0 spiro atoms. The molecule has 3 nitrogen and oxygen atoms in total. The highest BCUT2D eigenvalue weighted by Gasteiger charge is 2.24. The summed E-state index contributed by atoms with van der Waals surface area (Å²) >= 11 is 0. The van der Waals surface area contributed by atoms with Gasteiger partial charge in [-0.15, -0.1) is 0 Å². The lowest BCUT2D eigenvalue weighted by Gasteiger charge is -2.27. The van der Waals surface area contributed by atoms with Gasteiger partial charge in [0.25, 0.3) is 0 Å². The van der Waals surface area contributed by atoms with E-state index in [0.717, 1.165) is 11.6 Å². The molecule has 0 aliphatic rings. The van der Waals surface area contributed by atoms with Gasteiger partial charge in [-0.25, -0.2) is 9.18 Å². The van der Waals surface area contributed by atoms with E-state index < -0.39 is 17.4 Å². The number of benzene rings is 2. The van der Waals surface area contributed by atoms with Crippen LogP contribution in [-0.4, -0.2) is 11.1 Å². The zero-order valence-electron chi connectivity index (χ0n) is 11.3. The van der Waals surface area contributed by atoms with Crippen LogP contribution in [0.2, 0.25) is 0 Å². The van der Waals surface area contributed by atoms with Crippen molar-refractivity contribution in [3.05, 3.63) is 65.5 Å². The number of hydrogen-bond acceptors (Lipinski definition) is 2. The Balaban J connectivity index is 2.28. The maximum atomic E-state index is 13.9. The Morgan fingerprint density at radius 3 is 2.35 bits per heavy atom. The highest BCUT2D eigenvalue weighted by atomic mass is 19.1. The Labute approximate surface area is 116 Å². The molecule has 0 unspecified atom stereocenters. The molecule has 2 rings (SSSR count). The van der Waals surface area contributed by atoms with Crippen molar-refractivity contribution in [3.63, 3.8) is 0 Å². The molecule has 2 aromatic carbocycles. The highest BCUT2D eigenvalue weighted by molar-refractivity contribution is 5.87. The first-order valence-electron chi connectivity index (χ1n) is 6.17. The quantitative estimate of drug-likeness (QED) is 0.921. The van der Waals surface area contributed by atoms with Gasteiger partial charge in [0.2, 0.25) is 0 Å². The number of rotatable bonds is 4. The van der Waals surface area contributed by atoms with Crippen molar-refractivity contribution >= 4 is 5.97 Å². The van der Waals surface area contributed by atoms with Gasteiger partial charge in [0.1, 0.15) is 5.60 Å². The lowest BCUT2D eigenvalue weighted by molar-refractivity contribution is 0.0695. The molecule has 0 heterocycles. The van der Waals surface area contributed by atoms with Crippen LogP contribution in [0.1, 0.15) is 29.8 Å². The summed E-state index contributed by atoms with van der Waals surface area (Å²) in [4.78, 5) is 10.8. The monoisotopic (exact) mass is 274 g/mol. The minimum Gasteiger partial charge on any atom is -0.480 e. The number of aromatic carboxylic acids is 1. The van der Waals surface area contributed by atoms with Crippen LogP contribution in [-0.2, 0) is 5.60 Å². The second-order valence-corrected chi connectivity index (χ2v) is 4.93. The molecule has 2 aromatic rings. The summed E-state index contributed by atoms with van der Waals surface area (Å²) in [5.74, 6) is -1.82. The van der Waals surface area contributed by atoms with Gasteiger partial charge in [-0.1, -0.05) is 30.3 Å². The van der Waals surface area contributed by atoms with Crippen molar-refractivity contribution in [3.8, 4) is 5.75 Å². The molecule has 20 heavy (non-hydrogen) atoms. The lowest BCUT2D eigenvalue weighted by atomic mass is 9.98. The normalized spacial score (nSPS) is 11.2. The summed E-state index contributed by atoms with van der Waals surface area (Å²) in [6.07, 6.45) is 0. The zero-order valence-corrected chi connectivity index (χ0v) is 11.3. The molecule has 4 heteroatoms. The number of carbonyl (C=O) groups is 1. The second-order valence-electron chi connectivity index (χ2n) is 4.93. The van der Waals surface area contributed by atoms with Gasteiger partial charge in [0.15, 0.2) is 11.6 Å². The van der Waals surface area contributed by atoms with E-state index >= 15 is 0 Å². The Hall–Kier alpha value is -2.36. The number of hydrogen-bond donors (Lipinski definition) is 1. The van der Waals surface area contributed by atoms with Crippen LogP contribution in [0.25, 0.3) is 0 Å².